The molecule has 2 rings (SSSR count). The molecule has 0 spiro atoms. The van der Waals surface area contributed by atoms with Crippen molar-refractivity contribution in [1.82, 2.24) is 4.90 Å². The predicted molar refractivity (Wildman–Crippen MR) is 52.7 cm³/mol. The van der Waals surface area contributed by atoms with Crippen LogP contribution in [0, 0.1) is 0 Å². The summed E-state index contributed by atoms with van der Waals surface area (Å²) in [6.45, 7) is 3.56. The minimum Gasteiger partial charge on any atom is -0.297 e. The molecule has 0 aliphatic carbocycles. The first-order valence-corrected chi connectivity index (χ1v) is 5.64. The van der Waals surface area contributed by atoms with E-state index < -0.39 is 0 Å². The van der Waals surface area contributed by atoms with E-state index in [2.05, 4.69) is 11.8 Å². The number of rotatable bonds is 2. The third-order valence-electron chi connectivity index (χ3n) is 3.31. The molecule has 0 amide bonds. The van der Waals surface area contributed by atoms with Gasteiger partial charge >= 0.3 is 0 Å². The second-order valence-electron chi connectivity index (χ2n) is 4.19. The van der Waals surface area contributed by atoms with Crippen LogP contribution < -0.4 is 0 Å². The van der Waals surface area contributed by atoms with Gasteiger partial charge in [-0.05, 0) is 38.6 Å². The van der Waals surface area contributed by atoms with Crippen LogP contribution in [0.5, 0.6) is 0 Å². The molecule has 0 radical (unpaired) electrons. The van der Waals surface area contributed by atoms with Crippen molar-refractivity contribution in [2.45, 2.75) is 56.5 Å². The van der Waals surface area contributed by atoms with Gasteiger partial charge in [0.15, 0.2) is 0 Å². The lowest BCUT2D eigenvalue weighted by atomic mass is 10.0. The number of hydrogen-bond donors (Lipinski definition) is 0. The van der Waals surface area contributed by atoms with Crippen molar-refractivity contribution in [2.75, 3.05) is 6.54 Å². The number of hydrogen-bond acceptors (Lipinski definition) is 1. The lowest BCUT2D eigenvalue weighted by Gasteiger charge is -2.36. The Morgan fingerprint density at radius 2 is 1.83 bits per heavy atom. The van der Waals surface area contributed by atoms with Gasteiger partial charge in [-0.15, -0.1) is 11.6 Å². The molecule has 2 aliphatic heterocycles. The molecular formula is C10H18ClN. The molecule has 2 saturated heterocycles. The van der Waals surface area contributed by atoms with Crippen molar-refractivity contribution in [2.24, 2.45) is 0 Å². The topological polar surface area (TPSA) is 3.24 Å². The summed E-state index contributed by atoms with van der Waals surface area (Å²) in [6.07, 6.45) is 6.55. The summed E-state index contributed by atoms with van der Waals surface area (Å²) < 4.78 is 0. The van der Waals surface area contributed by atoms with Gasteiger partial charge in [-0.2, -0.15) is 0 Å². The molecule has 2 heteroatoms. The lowest BCUT2D eigenvalue weighted by molar-refractivity contribution is 0.143. The Bertz CT molecular complexity index is 146. The van der Waals surface area contributed by atoms with Crippen LogP contribution in [0.4, 0.5) is 0 Å². The van der Waals surface area contributed by atoms with Gasteiger partial charge in [0.25, 0.3) is 0 Å². The minimum absolute atomic E-state index is 0.468. The molecule has 2 aliphatic rings. The molecule has 70 valence electrons. The summed E-state index contributed by atoms with van der Waals surface area (Å²) in [7, 11) is 0. The van der Waals surface area contributed by atoms with Crippen molar-refractivity contribution < 1.29 is 0 Å². The van der Waals surface area contributed by atoms with Gasteiger partial charge < -0.3 is 0 Å². The van der Waals surface area contributed by atoms with Gasteiger partial charge in [-0.1, -0.05) is 6.92 Å². The number of piperidine rings is 1. The average Bonchev–Trinajstić information content (AvgIpc) is 2.32. The maximum Gasteiger partial charge on any atom is 0.0365 e. The SMILES string of the molecule is CCCN1C2CCC1CC(Cl)C2. The molecule has 0 saturated carbocycles. The largest absolute Gasteiger partial charge is 0.297 e. The van der Waals surface area contributed by atoms with Crippen LogP contribution in [0.15, 0.2) is 0 Å². The molecular weight excluding hydrogens is 170 g/mol. The van der Waals surface area contributed by atoms with Crippen molar-refractivity contribution in [3.05, 3.63) is 0 Å². The zero-order chi connectivity index (χ0) is 8.55. The van der Waals surface area contributed by atoms with Gasteiger partial charge in [0, 0.05) is 17.5 Å². The molecule has 12 heavy (non-hydrogen) atoms. The van der Waals surface area contributed by atoms with Gasteiger partial charge in [0.1, 0.15) is 0 Å². The number of nitrogens with zero attached hydrogens (tertiary/aromatic N) is 1. The highest BCUT2D eigenvalue weighted by atomic mass is 35.5. The Morgan fingerprint density at radius 1 is 1.25 bits per heavy atom. The molecule has 2 bridgehead atoms. The monoisotopic (exact) mass is 187 g/mol. The van der Waals surface area contributed by atoms with Gasteiger partial charge in [0.05, 0.1) is 0 Å². The van der Waals surface area contributed by atoms with E-state index in [1.54, 1.807) is 0 Å². The van der Waals surface area contributed by atoms with E-state index in [1.807, 2.05) is 0 Å². The smallest absolute Gasteiger partial charge is 0.0365 e. The fourth-order valence-electron chi connectivity index (χ4n) is 2.83. The molecule has 0 aromatic heterocycles. The third-order valence-corrected chi connectivity index (χ3v) is 3.66. The summed E-state index contributed by atoms with van der Waals surface area (Å²) in [5, 5.41) is 0.468. The van der Waals surface area contributed by atoms with Gasteiger partial charge in [-0.3, -0.25) is 4.90 Å². The van der Waals surface area contributed by atoms with Crippen molar-refractivity contribution in [3.63, 3.8) is 0 Å². The number of fused-ring (bicyclic) bond motifs is 2. The normalized spacial score (nSPS) is 42.0. The summed E-state index contributed by atoms with van der Waals surface area (Å²) in [6, 6.07) is 1.65. The van der Waals surface area contributed by atoms with E-state index in [9.17, 15) is 0 Å². The Labute approximate surface area is 80.1 Å². The summed E-state index contributed by atoms with van der Waals surface area (Å²) in [5.41, 5.74) is 0. The fourth-order valence-corrected chi connectivity index (χ4v) is 3.24. The van der Waals surface area contributed by atoms with E-state index in [0.717, 1.165) is 12.1 Å². The summed E-state index contributed by atoms with van der Waals surface area (Å²) >= 11 is 6.19. The van der Waals surface area contributed by atoms with E-state index >= 15 is 0 Å². The maximum atomic E-state index is 6.19. The Morgan fingerprint density at radius 3 is 2.33 bits per heavy atom. The van der Waals surface area contributed by atoms with Crippen LogP contribution in [0.25, 0.3) is 0 Å². The van der Waals surface area contributed by atoms with E-state index in [1.165, 1.54) is 38.6 Å². The standard InChI is InChI=1S/C10H18ClN/c1-2-5-12-9-3-4-10(12)7-8(11)6-9/h8-10H,2-7H2,1H3. The quantitative estimate of drug-likeness (QED) is 0.601. The highest BCUT2D eigenvalue weighted by Crippen LogP contribution is 2.37. The van der Waals surface area contributed by atoms with Crippen LogP contribution in [0.3, 0.4) is 0 Å². The second-order valence-corrected chi connectivity index (χ2v) is 4.81. The minimum atomic E-state index is 0.468. The first kappa shape index (κ1) is 8.83. The molecule has 2 fully saturated rings. The number of alkyl halides is 1. The lowest BCUT2D eigenvalue weighted by Crippen LogP contribution is -2.43. The molecule has 2 unspecified atom stereocenters. The van der Waals surface area contributed by atoms with Crippen LogP contribution in [-0.2, 0) is 0 Å². The third kappa shape index (κ3) is 1.49. The zero-order valence-electron chi connectivity index (χ0n) is 7.80. The first-order valence-electron chi connectivity index (χ1n) is 5.21. The van der Waals surface area contributed by atoms with E-state index in [-0.39, 0.29) is 0 Å². The van der Waals surface area contributed by atoms with Crippen molar-refractivity contribution in [3.8, 4) is 0 Å². The Balaban J connectivity index is 1.99. The Hall–Kier alpha value is 0.250. The first-order chi connectivity index (χ1) is 5.81. The highest BCUT2D eigenvalue weighted by Gasteiger charge is 2.39. The second kappa shape index (κ2) is 3.55. The fraction of sp³-hybridized carbons (Fsp3) is 1.00. The van der Waals surface area contributed by atoms with Gasteiger partial charge in [0.2, 0.25) is 0 Å². The van der Waals surface area contributed by atoms with Crippen LogP contribution in [-0.4, -0.2) is 28.9 Å². The van der Waals surface area contributed by atoms with E-state index in [4.69, 9.17) is 11.6 Å². The molecule has 1 nitrogen and oxygen atoms in total. The Kier molecular flexibility index (Phi) is 2.61. The molecule has 0 aromatic carbocycles. The van der Waals surface area contributed by atoms with Crippen LogP contribution in [0.1, 0.15) is 39.0 Å². The highest BCUT2D eigenvalue weighted by molar-refractivity contribution is 6.20. The van der Waals surface area contributed by atoms with Crippen LogP contribution >= 0.6 is 11.6 Å². The molecule has 2 atom stereocenters. The molecule has 0 N–H and O–H groups in total. The number of halogens is 1. The zero-order valence-corrected chi connectivity index (χ0v) is 8.56. The van der Waals surface area contributed by atoms with Crippen LogP contribution in [0.2, 0.25) is 0 Å². The van der Waals surface area contributed by atoms with Gasteiger partial charge in [-0.25, -0.2) is 0 Å². The summed E-state index contributed by atoms with van der Waals surface area (Å²) in [4.78, 5) is 2.69. The molecule has 2 heterocycles. The predicted octanol–water partition coefficient (Wildman–Crippen LogP) is 2.63. The van der Waals surface area contributed by atoms with Crippen molar-refractivity contribution >= 4 is 11.6 Å². The molecule has 0 aromatic rings. The average molecular weight is 188 g/mol. The summed E-state index contributed by atoms with van der Waals surface area (Å²) in [5.74, 6) is 0. The van der Waals surface area contributed by atoms with E-state index in [0.29, 0.717) is 5.38 Å². The maximum absolute atomic E-state index is 6.19. The van der Waals surface area contributed by atoms with Crippen molar-refractivity contribution in [1.29, 1.82) is 0 Å².